The minimum absolute atomic E-state index is 0.0770. The molecule has 0 aliphatic carbocycles. The van der Waals surface area contributed by atoms with Gasteiger partial charge in [0.05, 0.1) is 0 Å². The van der Waals surface area contributed by atoms with E-state index in [1.165, 1.54) is 0 Å². The number of carboxylic acids is 1. The lowest BCUT2D eigenvalue weighted by atomic mass is 9.97. The van der Waals surface area contributed by atoms with Crippen LogP contribution in [0.2, 0.25) is 0 Å². The van der Waals surface area contributed by atoms with E-state index in [1.807, 2.05) is 4.90 Å². The van der Waals surface area contributed by atoms with Crippen molar-refractivity contribution < 1.29 is 14.7 Å². The van der Waals surface area contributed by atoms with Gasteiger partial charge in [-0.05, 0) is 52.4 Å². The summed E-state index contributed by atoms with van der Waals surface area (Å²) in [6, 6.07) is -0.283. The number of rotatable bonds is 1. The molecule has 0 bridgehead atoms. The van der Waals surface area contributed by atoms with Crippen LogP contribution in [0.5, 0.6) is 0 Å². The summed E-state index contributed by atoms with van der Waals surface area (Å²) >= 11 is 0. The first kappa shape index (κ1) is 14.2. The molecule has 2 saturated heterocycles. The van der Waals surface area contributed by atoms with Crippen molar-refractivity contribution in [3.8, 4) is 0 Å². The van der Waals surface area contributed by atoms with Gasteiger partial charge in [-0.25, -0.2) is 9.59 Å². The number of piperidine rings is 2. The minimum Gasteiger partial charge on any atom is -0.480 e. The summed E-state index contributed by atoms with van der Waals surface area (Å²) < 4.78 is 0. The van der Waals surface area contributed by atoms with Crippen LogP contribution in [-0.2, 0) is 4.79 Å². The SMILES string of the molecule is CC1CCCC(C)N1C(=O)N1CCCCC1C(=O)O. The summed E-state index contributed by atoms with van der Waals surface area (Å²) in [6.07, 6.45) is 5.56. The fraction of sp³-hybridized carbons (Fsp3) is 0.857. The van der Waals surface area contributed by atoms with Crippen LogP contribution in [-0.4, -0.2) is 51.6 Å². The maximum atomic E-state index is 12.7. The van der Waals surface area contributed by atoms with E-state index in [-0.39, 0.29) is 18.1 Å². The molecule has 5 heteroatoms. The molecule has 108 valence electrons. The van der Waals surface area contributed by atoms with Crippen molar-refractivity contribution in [1.82, 2.24) is 9.80 Å². The molecule has 1 N–H and O–H groups in total. The first-order chi connectivity index (χ1) is 9.02. The Morgan fingerprint density at radius 2 is 1.63 bits per heavy atom. The third-order valence-electron chi connectivity index (χ3n) is 4.45. The molecule has 0 aromatic heterocycles. The molecule has 0 aromatic rings. The van der Waals surface area contributed by atoms with E-state index < -0.39 is 12.0 Å². The smallest absolute Gasteiger partial charge is 0.326 e. The number of carbonyl (C=O) groups is 2. The van der Waals surface area contributed by atoms with Gasteiger partial charge >= 0.3 is 12.0 Å². The van der Waals surface area contributed by atoms with Crippen LogP contribution in [0, 0.1) is 0 Å². The maximum Gasteiger partial charge on any atom is 0.326 e. The van der Waals surface area contributed by atoms with Gasteiger partial charge in [0.1, 0.15) is 6.04 Å². The summed E-state index contributed by atoms with van der Waals surface area (Å²) in [5, 5.41) is 9.28. The average molecular weight is 268 g/mol. The van der Waals surface area contributed by atoms with Gasteiger partial charge in [0.15, 0.2) is 0 Å². The van der Waals surface area contributed by atoms with Crippen molar-refractivity contribution in [2.45, 2.75) is 70.5 Å². The number of carbonyl (C=O) groups excluding carboxylic acids is 1. The second-order valence-corrected chi connectivity index (χ2v) is 5.86. The standard InChI is InChI=1S/C14H24N2O3/c1-10-6-5-7-11(2)16(10)14(19)15-9-4-3-8-12(15)13(17)18/h10-12H,3-9H2,1-2H3,(H,17,18). The predicted octanol–water partition coefficient (Wildman–Crippen LogP) is 2.31. The molecule has 2 heterocycles. The molecule has 3 unspecified atom stereocenters. The van der Waals surface area contributed by atoms with Crippen molar-refractivity contribution >= 4 is 12.0 Å². The van der Waals surface area contributed by atoms with Gasteiger partial charge in [-0.3, -0.25) is 0 Å². The van der Waals surface area contributed by atoms with Crippen molar-refractivity contribution in [3.05, 3.63) is 0 Å². The van der Waals surface area contributed by atoms with Crippen LogP contribution < -0.4 is 0 Å². The van der Waals surface area contributed by atoms with Crippen LogP contribution in [0.4, 0.5) is 4.79 Å². The van der Waals surface area contributed by atoms with Gasteiger partial charge in [0.25, 0.3) is 0 Å². The Kier molecular flexibility index (Phi) is 4.32. The Labute approximate surface area is 114 Å². The highest BCUT2D eigenvalue weighted by molar-refractivity contribution is 5.83. The van der Waals surface area contributed by atoms with E-state index >= 15 is 0 Å². The quantitative estimate of drug-likeness (QED) is 0.794. The molecule has 2 rings (SSSR count). The molecule has 5 nitrogen and oxygen atoms in total. The first-order valence-electron chi connectivity index (χ1n) is 7.34. The maximum absolute atomic E-state index is 12.7. The summed E-state index contributed by atoms with van der Waals surface area (Å²) in [4.78, 5) is 27.4. The minimum atomic E-state index is -0.870. The summed E-state index contributed by atoms with van der Waals surface area (Å²) in [6.45, 7) is 4.70. The average Bonchev–Trinajstić information content (AvgIpc) is 2.38. The second kappa shape index (κ2) is 5.80. The number of carboxylic acid groups (broad SMARTS) is 1. The zero-order chi connectivity index (χ0) is 14.0. The van der Waals surface area contributed by atoms with E-state index in [2.05, 4.69) is 13.8 Å². The lowest BCUT2D eigenvalue weighted by molar-refractivity contribution is -0.143. The zero-order valence-electron chi connectivity index (χ0n) is 11.8. The van der Waals surface area contributed by atoms with Crippen LogP contribution in [0.15, 0.2) is 0 Å². The van der Waals surface area contributed by atoms with Gasteiger partial charge in [0.2, 0.25) is 0 Å². The Morgan fingerprint density at radius 1 is 1.00 bits per heavy atom. The lowest BCUT2D eigenvalue weighted by Gasteiger charge is -2.44. The predicted molar refractivity (Wildman–Crippen MR) is 72.0 cm³/mol. The van der Waals surface area contributed by atoms with Crippen molar-refractivity contribution in [2.75, 3.05) is 6.54 Å². The molecule has 0 radical (unpaired) electrons. The van der Waals surface area contributed by atoms with Gasteiger partial charge in [0, 0.05) is 18.6 Å². The molecule has 0 spiro atoms. The Morgan fingerprint density at radius 3 is 2.21 bits per heavy atom. The Bertz CT molecular complexity index is 349. The lowest BCUT2D eigenvalue weighted by Crippen LogP contribution is -2.58. The normalized spacial score (nSPS) is 32.2. The van der Waals surface area contributed by atoms with E-state index in [9.17, 15) is 14.7 Å². The van der Waals surface area contributed by atoms with Gasteiger partial charge in [-0.15, -0.1) is 0 Å². The molecule has 2 aliphatic rings. The highest BCUT2D eigenvalue weighted by atomic mass is 16.4. The summed E-state index contributed by atoms with van der Waals surface area (Å²) in [5.74, 6) is -0.870. The topological polar surface area (TPSA) is 60.9 Å². The zero-order valence-corrected chi connectivity index (χ0v) is 11.8. The van der Waals surface area contributed by atoms with E-state index in [4.69, 9.17) is 0 Å². The van der Waals surface area contributed by atoms with E-state index in [0.717, 1.165) is 32.1 Å². The van der Waals surface area contributed by atoms with Crippen LogP contribution >= 0.6 is 0 Å². The molecular weight excluding hydrogens is 244 g/mol. The number of hydrogen-bond acceptors (Lipinski definition) is 2. The molecule has 0 saturated carbocycles. The van der Waals surface area contributed by atoms with Crippen LogP contribution in [0.1, 0.15) is 52.4 Å². The molecule has 2 aliphatic heterocycles. The summed E-state index contributed by atoms with van der Waals surface area (Å²) in [5.41, 5.74) is 0. The highest BCUT2D eigenvalue weighted by Gasteiger charge is 2.38. The van der Waals surface area contributed by atoms with E-state index in [0.29, 0.717) is 13.0 Å². The second-order valence-electron chi connectivity index (χ2n) is 5.86. The fourth-order valence-electron chi connectivity index (χ4n) is 3.36. The number of likely N-dealkylation sites (tertiary alicyclic amines) is 2. The number of amides is 2. The van der Waals surface area contributed by atoms with Crippen molar-refractivity contribution in [2.24, 2.45) is 0 Å². The number of urea groups is 1. The molecule has 19 heavy (non-hydrogen) atoms. The fourth-order valence-corrected chi connectivity index (χ4v) is 3.36. The van der Waals surface area contributed by atoms with Crippen LogP contribution in [0.25, 0.3) is 0 Å². The molecule has 0 aromatic carbocycles. The first-order valence-corrected chi connectivity index (χ1v) is 7.34. The van der Waals surface area contributed by atoms with Crippen molar-refractivity contribution in [1.29, 1.82) is 0 Å². The number of nitrogens with zero attached hydrogens (tertiary/aromatic N) is 2. The third-order valence-corrected chi connectivity index (χ3v) is 4.45. The van der Waals surface area contributed by atoms with Gasteiger partial charge in [-0.1, -0.05) is 0 Å². The highest BCUT2D eigenvalue weighted by Crippen LogP contribution is 2.26. The molecule has 2 fully saturated rings. The Balaban J connectivity index is 2.14. The third kappa shape index (κ3) is 2.85. The van der Waals surface area contributed by atoms with Crippen molar-refractivity contribution in [3.63, 3.8) is 0 Å². The van der Waals surface area contributed by atoms with Gasteiger partial charge in [-0.2, -0.15) is 0 Å². The molecular formula is C14H24N2O3. The monoisotopic (exact) mass is 268 g/mol. The molecule has 2 amide bonds. The largest absolute Gasteiger partial charge is 0.480 e. The number of aliphatic carboxylic acids is 1. The van der Waals surface area contributed by atoms with Gasteiger partial charge < -0.3 is 14.9 Å². The Hall–Kier alpha value is -1.26. The molecule has 3 atom stereocenters. The van der Waals surface area contributed by atoms with Crippen LogP contribution in [0.3, 0.4) is 0 Å². The van der Waals surface area contributed by atoms with E-state index in [1.54, 1.807) is 4.90 Å². The number of hydrogen-bond donors (Lipinski definition) is 1. The summed E-state index contributed by atoms with van der Waals surface area (Å²) in [7, 11) is 0.